The zero-order valence-electron chi connectivity index (χ0n) is 17.4. The molecule has 0 saturated carbocycles. The van der Waals surface area contributed by atoms with Crippen molar-refractivity contribution in [3.63, 3.8) is 0 Å². The van der Waals surface area contributed by atoms with Crippen LogP contribution in [0.5, 0.6) is 5.75 Å². The molecule has 3 heterocycles. The van der Waals surface area contributed by atoms with Gasteiger partial charge < -0.3 is 14.2 Å². The van der Waals surface area contributed by atoms with Crippen LogP contribution in [0.15, 0.2) is 41.3 Å². The second-order valence-corrected chi connectivity index (χ2v) is 8.25. The van der Waals surface area contributed by atoms with E-state index in [-0.39, 0.29) is 5.91 Å². The van der Waals surface area contributed by atoms with Crippen LogP contribution in [0.4, 0.5) is 0 Å². The van der Waals surface area contributed by atoms with Crippen molar-refractivity contribution in [2.45, 2.75) is 33.4 Å². The summed E-state index contributed by atoms with van der Waals surface area (Å²) < 4.78 is 8.56. The number of imidazole rings is 1. The van der Waals surface area contributed by atoms with Crippen LogP contribution in [0.1, 0.15) is 45.5 Å². The van der Waals surface area contributed by atoms with Gasteiger partial charge in [-0.2, -0.15) is 5.26 Å². The highest BCUT2D eigenvalue weighted by Gasteiger charge is 2.27. The zero-order chi connectivity index (χ0) is 22.0. The number of carbonyl (C=O) groups is 1. The summed E-state index contributed by atoms with van der Waals surface area (Å²) in [6.07, 6.45) is 5.98. The summed E-state index contributed by atoms with van der Waals surface area (Å²) >= 11 is 3.66. The lowest BCUT2D eigenvalue weighted by molar-refractivity contribution is 0.0724. The van der Waals surface area contributed by atoms with Crippen LogP contribution in [0.2, 0.25) is 0 Å². The fraction of sp³-hybridized carbons (Fsp3) is 0.304. The number of aromatic nitrogens is 3. The number of hydrogen-bond donors (Lipinski definition) is 0. The Labute approximate surface area is 189 Å². The lowest BCUT2D eigenvalue weighted by Gasteiger charge is -2.29. The number of nitriles is 1. The van der Waals surface area contributed by atoms with Gasteiger partial charge in [-0.3, -0.25) is 9.78 Å². The van der Waals surface area contributed by atoms with Crippen molar-refractivity contribution in [2.75, 3.05) is 13.2 Å². The molecular weight excluding hydrogens is 458 g/mol. The second kappa shape index (κ2) is 8.90. The predicted octanol–water partition coefficient (Wildman–Crippen LogP) is 3.87. The summed E-state index contributed by atoms with van der Waals surface area (Å²) in [7, 11) is 0. The Morgan fingerprint density at radius 2 is 2.10 bits per heavy atom. The Kier molecular flexibility index (Phi) is 6.05. The van der Waals surface area contributed by atoms with E-state index < -0.39 is 0 Å². The van der Waals surface area contributed by atoms with Crippen LogP contribution >= 0.6 is 15.9 Å². The highest BCUT2D eigenvalue weighted by molar-refractivity contribution is 9.10. The van der Waals surface area contributed by atoms with Crippen LogP contribution in [0.25, 0.3) is 0 Å². The molecule has 7 nitrogen and oxygen atoms in total. The fourth-order valence-electron chi connectivity index (χ4n) is 3.78. The average Bonchev–Trinajstić information content (AvgIpc) is 3.15. The van der Waals surface area contributed by atoms with Gasteiger partial charge in [-0.15, -0.1) is 0 Å². The van der Waals surface area contributed by atoms with Gasteiger partial charge in [0, 0.05) is 47.8 Å². The van der Waals surface area contributed by atoms with Gasteiger partial charge in [-0.25, -0.2) is 4.98 Å². The van der Waals surface area contributed by atoms with Gasteiger partial charge in [0.2, 0.25) is 0 Å². The molecule has 1 aliphatic rings. The number of amides is 1. The maximum Gasteiger partial charge on any atom is 0.254 e. The van der Waals surface area contributed by atoms with E-state index in [1.807, 2.05) is 26.1 Å². The highest BCUT2D eigenvalue weighted by atomic mass is 79.9. The summed E-state index contributed by atoms with van der Waals surface area (Å²) in [5.74, 6) is 1.41. The Balaban J connectivity index is 1.59. The predicted molar refractivity (Wildman–Crippen MR) is 119 cm³/mol. The molecule has 0 bridgehead atoms. The van der Waals surface area contributed by atoms with Crippen molar-refractivity contribution in [2.24, 2.45) is 0 Å². The van der Waals surface area contributed by atoms with E-state index in [4.69, 9.17) is 4.74 Å². The SMILES string of the molecule is CCOc1cc(CN2CCc3c(Br)cc(Cn4ccnc4C)cc3C2=O)ncc1C#N. The molecular formula is C23H22BrN5O2. The van der Waals surface area contributed by atoms with E-state index in [2.05, 4.69) is 42.6 Å². The molecule has 0 aliphatic carbocycles. The summed E-state index contributed by atoms with van der Waals surface area (Å²) in [5.41, 5.74) is 3.88. The summed E-state index contributed by atoms with van der Waals surface area (Å²) in [6.45, 7) is 5.92. The first kappa shape index (κ1) is 21.1. The molecule has 1 aromatic carbocycles. The quantitative estimate of drug-likeness (QED) is 0.535. The summed E-state index contributed by atoms with van der Waals surface area (Å²) in [6, 6.07) is 7.90. The molecule has 0 spiro atoms. The molecule has 0 atom stereocenters. The molecule has 8 heteroatoms. The van der Waals surface area contributed by atoms with E-state index >= 15 is 0 Å². The number of carbonyl (C=O) groups excluding carboxylic acids is 1. The van der Waals surface area contributed by atoms with Crippen molar-refractivity contribution in [3.05, 3.63) is 75.0 Å². The van der Waals surface area contributed by atoms with E-state index in [0.29, 0.717) is 48.8 Å². The molecule has 0 fully saturated rings. The van der Waals surface area contributed by atoms with E-state index in [0.717, 1.165) is 27.8 Å². The molecule has 1 amide bonds. The van der Waals surface area contributed by atoms with Gasteiger partial charge in [0.05, 0.1) is 18.8 Å². The van der Waals surface area contributed by atoms with Crippen LogP contribution in [0.3, 0.4) is 0 Å². The summed E-state index contributed by atoms with van der Waals surface area (Å²) in [5, 5.41) is 9.23. The Morgan fingerprint density at radius 3 is 2.81 bits per heavy atom. The number of hydrogen-bond acceptors (Lipinski definition) is 5. The third kappa shape index (κ3) is 4.32. The third-order valence-corrected chi connectivity index (χ3v) is 6.08. The molecule has 1 aliphatic heterocycles. The van der Waals surface area contributed by atoms with E-state index in [9.17, 15) is 10.1 Å². The minimum atomic E-state index is -0.0183. The average molecular weight is 480 g/mol. The van der Waals surface area contributed by atoms with Crippen molar-refractivity contribution >= 4 is 21.8 Å². The molecule has 0 radical (unpaired) electrons. The number of ether oxygens (including phenoxy) is 1. The maximum absolute atomic E-state index is 13.3. The van der Waals surface area contributed by atoms with E-state index in [1.54, 1.807) is 17.2 Å². The number of pyridine rings is 1. The smallest absolute Gasteiger partial charge is 0.254 e. The lowest BCUT2D eigenvalue weighted by atomic mass is 9.96. The van der Waals surface area contributed by atoms with Crippen LogP contribution < -0.4 is 4.74 Å². The Hall–Kier alpha value is -3.18. The molecule has 4 rings (SSSR count). The Bertz CT molecular complexity index is 1180. The summed E-state index contributed by atoms with van der Waals surface area (Å²) in [4.78, 5) is 23.7. The van der Waals surface area contributed by atoms with Gasteiger partial charge in [-0.1, -0.05) is 15.9 Å². The minimum absolute atomic E-state index is 0.0183. The standard InChI is InChI=1S/C23H22BrN5O2/c1-3-31-22-10-18(27-12-17(22)11-25)14-29-6-4-19-20(23(29)30)8-16(9-21(19)24)13-28-7-5-26-15(28)2/h5,7-10,12H,3-4,6,13-14H2,1-2H3. The van der Waals surface area contributed by atoms with Gasteiger partial charge in [0.1, 0.15) is 23.2 Å². The molecule has 158 valence electrons. The molecule has 0 N–H and O–H groups in total. The number of halogens is 1. The maximum atomic E-state index is 13.3. The first-order chi connectivity index (χ1) is 15.0. The Morgan fingerprint density at radius 1 is 1.26 bits per heavy atom. The zero-order valence-corrected chi connectivity index (χ0v) is 19.0. The van der Waals surface area contributed by atoms with Crippen molar-refractivity contribution in [3.8, 4) is 11.8 Å². The number of nitrogens with zero attached hydrogens (tertiary/aromatic N) is 5. The normalized spacial score (nSPS) is 13.1. The fourth-order valence-corrected chi connectivity index (χ4v) is 4.49. The topological polar surface area (TPSA) is 84.0 Å². The van der Waals surface area contributed by atoms with Crippen LogP contribution in [-0.2, 0) is 19.5 Å². The number of benzene rings is 1. The largest absolute Gasteiger partial charge is 0.492 e. The van der Waals surface area contributed by atoms with Crippen molar-refractivity contribution < 1.29 is 9.53 Å². The minimum Gasteiger partial charge on any atom is -0.492 e. The monoisotopic (exact) mass is 479 g/mol. The van der Waals surface area contributed by atoms with Crippen LogP contribution in [0, 0.1) is 18.3 Å². The van der Waals surface area contributed by atoms with E-state index in [1.165, 1.54) is 6.20 Å². The van der Waals surface area contributed by atoms with Crippen molar-refractivity contribution in [1.82, 2.24) is 19.4 Å². The highest BCUT2D eigenvalue weighted by Crippen LogP contribution is 2.30. The molecule has 0 unspecified atom stereocenters. The van der Waals surface area contributed by atoms with Crippen LogP contribution in [-0.4, -0.2) is 38.5 Å². The first-order valence-corrected chi connectivity index (χ1v) is 10.9. The molecule has 0 saturated heterocycles. The first-order valence-electron chi connectivity index (χ1n) is 10.1. The van der Waals surface area contributed by atoms with Gasteiger partial charge >= 0.3 is 0 Å². The van der Waals surface area contributed by atoms with Crippen molar-refractivity contribution in [1.29, 1.82) is 5.26 Å². The molecule has 3 aromatic rings. The van der Waals surface area contributed by atoms with Gasteiger partial charge in [0.25, 0.3) is 5.91 Å². The lowest BCUT2D eigenvalue weighted by Crippen LogP contribution is -2.37. The number of rotatable bonds is 6. The third-order valence-electron chi connectivity index (χ3n) is 5.38. The van der Waals surface area contributed by atoms with Gasteiger partial charge in [-0.05, 0) is 43.5 Å². The second-order valence-electron chi connectivity index (χ2n) is 7.40. The molecule has 2 aromatic heterocycles. The molecule has 31 heavy (non-hydrogen) atoms. The number of aryl methyl sites for hydroxylation is 1. The number of fused-ring (bicyclic) bond motifs is 1. The van der Waals surface area contributed by atoms with Gasteiger partial charge in [0.15, 0.2) is 0 Å².